The lowest BCUT2D eigenvalue weighted by molar-refractivity contribution is 0.147. The van der Waals surface area contributed by atoms with E-state index < -0.39 is 0 Å². The van der Waals surface area contributed by atoms with E-state index >= 15 is 0 Å². The van der Waals surface area contributed by atoms with Gasteiger partial charge in [-0.15, -0.1) is 0 Å². The van der Waals surface area contributed by atoms with Crippen LogP contribution in [0.5, 0.6) is 5.75 Å². The molecule has 1 fully saturated rings. The van der Waals surface area contributed by atoms with Crippen LogP contribution in [0.3, 0.4) is 0 Å². The van der Waals surface area contributed by atoms with Crippen LogP contribution in [0, 0.1) is 0 Å². The minimum Gasteiger partial charge on any atom is -0.493 e. The van der Waals surface area contributed by atoms with E-state index in [9.17, 15) is 0 Å². The van der Waals surface area contributed by atoms with E-state index in [1.807, 2.05) is 0 Å². The number of benzene rings is 1. The lowest BCUT2D eigenvalue weighted by Gasteiger charge is -2.34. The van der Waals surface area contributed by atoms with E-state index in [-0.39, 0.29) is 0 Å². The highest BCUT2D eigenvalue weighted by atomic mass is 16.5. The Hall–Kier alpha value is -1.06. The zero-order chi connectivity index (χ0) is 11.5. The van der Waals surface area contributed by atoms with Crippen molar-refractivity contribution in [1.82, 2.24) is 10.2 Å². The van der Waals surface area contributed by atoms with Crippen LogP contribution >= 0.6 is 0 Å². The highest BCUT2D eigenvalue weighted by Gasteiger charge is 2.26. The lowest BCUT2D eigenvalue weighted by Crippen LogP contribution is -2.35. The Bertz CT molecular complexity index is 372. The van der Waals surface area contributed by atoms with Crippen molar-refractivity contribution in [2.75, 3.05) is 32.8 Å². The van der Waals surface area contributed by atoms with Gasteiger partial charge in [-0.1, -0.05) is 18.2 Å². The molecule has 1 aromatic carbocycles. The van der Waals surface area contributed by atoms with Gasteiger partial charge in [-0.2, -0.15) is 0 Å². The van der Waals surface area contributed by atoms with Crippen LogP contribution in [-0.4, -0.2) is 37.7 Å². The molecule has 0 amide bonds. The Morgan fingerprint density at radius 3 is 3.12 bits per heavy atom. The Morgan fingerprint density at radius 2 is 2.12 bits per heavy atom. The Kier molecular flexibility index (Phi) is 3.29. The second-order valence-electron chi connectivity index (χ2n) is 4.83. The van der Waals surface area contributed by atoms with Crippen molar-refractivity contribution >= 4 is 0 Å². The van der Waals surface area contributed by atoms with Gasteiger partial charge in [-0.25, -0.2) is 0 Å². The topological polar surface area (TPSA) is 24.5 Å². The zero-order valence-electron chi connectivity index (χ0n) is 10.2. The standard InChI is InChI=1S/C14H20N2O/c1-2-5-14-12(4-1)13(6-11-17-14)16-9-3-7-15-8-10-16/h1-2,4-5,13,15H,3,6-11H2. The molecule has 1 N–H and O–H groups in total. The summed E-state index contributed by atoms with van der Waals surface area (Å²) >= 11 is 0. The van der Waals surface area contributed by atoms with Gasteiger partial charge in [0.2, 0.25) is 0 Å². The molecule has 0 aromatic heterocycles. The number of para-hydroxylation sites is 1. The van der Waals surface area contributed by atoms with Crippen molar-refractivity contribution in [3.05, 3.63) is 29.8 Å². The number of nitrogens with one attached hydrogen (secondary N) is 1. The van der Waals surface area contributed by atoms with Gasteiger partial charge in [-0.05, 0) is 19.0 Å². The van der Waals surface area contributed by atoms with Crippen molar-refractivity contribution in [1.29, 1.82) is 0 Å². The molecule has 0 spiro atoms. The zero-order valence-corrected chi connectivity index (χ0v) is 10.2. The molecule has 1 atom stereocenters. The van der Waals surface area contributed by atoms with E-state index in [4.69, 9.17) is 4.74 Å². The number of rotatable bonds is 1. The van der Waals surface area contributed by atoms with Gasteiger partial charge >= 0.3 is 0 Å². The predicted molar refractivity (Wildman–Crippen MR) is 68.4 cm³/mol. The fraction of sp³-hybridized carbons (Fsp3) is 0.571. The molecule has 3 heteroatoms. The van der Waals surface area contributed by atoms with Gasteiger partial charge in [0, 0.05) is 37.7 Å². The first-order valence-electron chi connectivity index (χ1n) is 6.61. The molecule has 0 aliphatic carbocycles. The van der Waals surface area contributed by atoms with Crippen LogP contribution < -0.4 is 10.1 Å². The van der Waals surface area contributed by atoms with Crippen molar-refractivity contribution in [3.63, 3.8) is 0 Å². The normalized spacial score (nSPS) is 25.8. The molecule has 0 bridgehead atoms. The Labute approximate surface area is 103 Å². The molecule has 2 aliphatic heterocycles. The molecule has 2 aliphatic rings. The van der Waals surface area contributed by atoms with Gasteiger partial charge in [0.15, 0.2) is 0 Å². The average Bonchev–Trinajstić information content (AvgIpc) is 2.67. The third-order valence-corrected chi connectivity index (χ3v) is 3.74. The number of hydrogen-bond acceptors (Lipinski definition) is 3. The minimum absolute atomic E-state index is 0.555. The van der Waals surface area contributed by atoms with Crippen LogP contribution in [0.2, 0.25) is 0 Å². The average molecular weight is 232 g/mol. The van der Waals surface area contributed by atoms with Crippen LogP contribution in [0.1, 0.15) is 24.4 Å². The molecule has 1 unspecified atom stereocenters. The molecule has 0 radical (unpaired) electrons. The molecular weight excluding hydrogens is 212 g/mol. The molecule has 1 saturated heterocycles. The molecule has 1 aromatic rings. The molecule has 17 heavy (non-hydrogen) atoms. The third kappa shape index (κ3) is 2.31. The van der Waals surface area contributed by atoms with Crippen molar-refractivity contribution < 1.29 is 4.74 Å². The Morgan fingerprint density at radius 1 is 1.18 bits per heavy atom. The summed E-state index contributed by atoms with van der Waals surface area (Å²) in [6.07, 6.45) is 2.37. The second-order valence-corrected chi connectivity index (χ2v) is 4.83. The summed E-state index contributed by atoms with van der Waals surface area (Å²) in [6, 6.07) is 9.05. The summed E-state index contributed by atoms with van der Waals surface area (Å²) in [7, 11) is 0. The molecule has 2 heterocycles. The van der Waals surface area contributed by atoms with Gasteiger partial charge in [0.1, 0.15) is 5.75 Å². The number of ether oxygens (including phenoxy) is 1. The molecule has 92 valence electrons. The van der Waals surface area contributed by atoms with Gasteiger partial charge < -0.3 is 10.1 Å². The quantitative estimate of drug-likeness (QED) is 0.799. The SMILES string of the molecule is c1ccc2c(c1)OCCC2N1CCCNCC1. The summed E-state index contributed by atoms with van der Waals surface area (Å²) in [5.41, 5.74) is 1.38. The number of nitrogens with zero attached hydrogens (tertiary/aromatic N) is 1. The second kappa shape index (κ2) is 5.07. The van der Waals surface area contributed by atoms with E-state index in [0.29, 0.717) is 6.04 Å². The highest BCUT2D eigenvalue weighted by molar-refractivity contribution is 5.37. The molecule has 0 saturated carbocycles. The van der Waals surface area contributed by atoms with Gasteiger partial charge in [0.05, 0.1) is 6.61 Å². The maximum atomic E-state index is 5.73. The summed E-state index contributed by atoms with van der Waals surface area (Å²) in [5, 5.41) is 3.47. The van der Waals surface area contributed by atoms with Crippen LogP contribution in [0.25, 0.3) is 0 Å². The first kappa shape index (κ1) is 11.1. The summed E-state index contributed by atoms with van der Waals surface area (Å²) in [4.78, 5) is 2.61. The fourth-order valence-corrected chi connectivity index (χ4v) is 2.88. The van der Waals surface area contributed by atoms with E-state index in [1.54, 1.807) is 0 Å². The third-order valence-electron chi connectivity index (χ3n) is 3.74. The summed E-state index contributed by atoms with van der Waals surface area (Å²) in [6.45, 7) is 5.47. The van der Waals surface area contributed by atoms with Crippen LogP contribution in [0.4, 0.5) is 0 Å². The highest BCUT2D eigenvalue weighted by Crippen LogP contribution is 2.35. The van der Waals surface area contributed by atoms with E-state index in [2.05, 4.69) is 34.5 Å². The van der Waals surface area contributed by atoms with E-state index in [0.717, 1.165) is 38.4 Å². The van der Waals surface area contributed by atoms with Crippen LogP contribution in [-0.2, 0) is 0 Å². The minimum atomic E-state index is 0.555. The summed E-state index contributed by atoms with van der Waals surface area (Å²) in [5.74, 6) is 1.08. The maximum absolute atomic E-state index is 5.73. The Balaban J connectivity index is 1.83. The first-order valence-corrected chi connectivity index (χ1v) is 6.61. The first-order chi connectivity index (χ1) is 8.45. The fourth-order valence-electron chi connectivity index (χ4n) is 2.88. The molecular formula is C14H20N2O. The van der Waals surface area contributed by atoms with Crippen molar-refractivity contribution in [2.24, 2.45) is 0 Å². The summed E-state index contributed by atoms with van der Waals surface area (Å²) < 4.78 is 5.73. The molecule has 3 rings (SSSR count). The predicted octanol–water partition coefficient (Wildman–Crippen LogP) is 1.81. The monoisotopic (exact) mass is 232 g/mol. The number of hydrogen-bond donors (Lipinski definition) is 1. The smallest absolute Gasteiger partial charge is 0.124 e. The van der Waals surface area contributed by atoms with Crippen LogP contribution in [0.15, 0.2) is 24.3 Å². The van der Waals surface area contributed by atoms with Gasteiger partial charge in [0.25, 0.3) is 0 Å². The van der Waals surface area contributed by atoms with E-state index in [1.165, 1.54) is 18.5 Å². The maximum Gasteiger partial charge on any atom is 0.124 e. The van der Waals surface area contributed by atoms with Crippen molar-refractivity contribution in [3.8, 4) is 5.75 Å². The largest absolute Gasteiger partial charge is 0.493 e. The number of fused-ring (bicyclic) bond motifs is 1. The van der Waals surface area contributed by atoms with Crippen molar-refractivity contribution in [2.45, 2.75) is 18.9 Å². The lowest BCUT2D eigenvalue weighted by atomic mass is 9.99. The van der Waals surface area contributed by atoms with Gasteiger partial charge in [-0.3, -0.25) is 4.90 Å². The molecule has 3 nitrogen and oxygen atoms in total.